The molecule has 0 heterocycles. The SMILES string of the molecule is O=C(O)CCCO.[Zn]. The van der Waals surface area contributed by atoms with Crippen molar-refractivity contribution in [2.45, 2.75) is 12.8 Å². The summed E-state index contributed by atoms with van der Waals surface area (Å²) >= 11 is 0. The number of aliphatic hydroxyl groups excluding tert-OH is 1. The van der Waals surface area contributed by atoms with Crippen molar-refractivity contribution in [3.8, 4) is 0 Å². The van der Waals surface area contributed by atoms with E-state index < -0.39 is 5.97 Å². The van der Waals surface area contributed by atoms with Gasteiger partial charge in [0.05, 0.1) is 0 Å². The summed E-state index contributed by atoms with van der Waals surface area (Å²) in [5.41, 5.74) is 0. The molecule has 0 aromatic heterocycles. The largest absolute Gasteiger partial charge is 0.481 e. The molecule has 0 saturated heterocycles. The van der Waals surface area contributed by atoms with Gasteiger partial charge in [-0.15, -0.1) is 0 Å². The number of aliphatic hydroxyl groups is 1. The predicted molar refractivity (Wildman–Crippen MR) is 24.0 cm³/mol. The van der Waals surface area contributed by atoms with Gasteiger partial charge in [-0.1, -0.05) is 0 Å². The summed E-state index contributed by atoms with van der Waals surface area (Å²) in [7, 11) is 0. The zero-order valence-electron chi connectivity index (χ0n) is 4.63. The van der Waals surface area contributed by atoms with Crippen molar-refractivity contribution in [3.63, 3.8) is 0 Å². The molecule has 2 N–H and O–H groups in total. The van der Waals surface area contributed by atoms with Crippen LogP contribution in [0.25, 0.3) is 0 Å². The van der Waals surface area contributed by atoms with E-state index in [1.54, 1.807) is 0 Å². The Bertz CT molecular complexity index is 64.3. The van der Waals surface area contributed by atoms with Gasteiger partial charge in [0.1, 0.15) is 0 Å². The van der Waals surface area contributed by atoms with Crippen LogP contribution in [-0.4, -0.2) is 22.8 Å². The van der Waals surface area contributed by atoms with Crippen molar-refractivity contribution >= 4 is 5.97 Å². The molecule has 0 fully saturated rings. The van der Waals surface area contributed by atoms with E-state index in [0.717, 1.165) is 0 Å². The van der Waals surface area contributed by atoms with Crippen LogP contribution < -0.4 is 0 Å². The average molecular weight is 169 g/mol. The smallest absolute Gasteiger partial charge is 0.303 e. The zero-order valence-corrected chi connectivity index (χ0v) is 7.60. The van der Waals surface area contributed by atoms with E-state index >= 15 is 0 Å². The molecule has 0 aliphatic carbocycles. The van der Waals surface area contributed by atoms with Gasteiger partial charge < -0.3 is 10.2 Å². The molecule has 0 radical (unpaired) electrons. The molecule has 0 aliphatic rings. The number of hydrogen-bond acceptors (Lipinski definition) is 2. The summed E-state index contributed by atoms with van der Waals surface area (Å²) in [6.07, 6.45) is 0.422. The standard InChI is InChI=1S/C4H8O3.Zn/c5-3-1-2-4(6)7;/h5H,1-3H2,(H,6,7);. The molecular weight excluding hydrogens is 161 g/mol. The van der Waals surface area contributed by atoms with Gasteiger partial charge >= 0.3 is 5.97 Å². The van der Waals surface area contributed by atoms with Crippen molar-refractivity contribution in [2.24, 2.45) is 0 Å². The molecule has 0 saturated carbocycles. The fraction of sp³-hybridized carbons (Fsp3) is 0.750. The van der Waals surface area contributed by atoms with Crippen LogP contribution in [0.5, 0.6) is 0 Å². The summed E-state index contributed by atoms with van der Waals surface area (Å²) in [6, 6.07) is 0. The van der Waals surface area contributed by atoms with E-state index in [9.17, 15) is 4.79 Å². The van der Waals surface area contributed by atoms with Crippen LogP contribution in [0.15, 0.2) is 0 Å². The minimum absolute atomic E-state index is 0. The summed E-state index contributed by atoms with van der Waals surface area (Å²) < 4.78 is 0. The molecule has 0 aromatic carbocycles. The van der Waals surface area contributed by atoms with Gasteiger partial charge in [0.25, 0.3) is 0 Å². The van der Waals surface area contributed by atoms with Crippen LogP contribution >= 0.6 is 0 Å². The van der Waals surface area contributed by atoms with E-state index in [1.807, 2.05) is 0 Å². The van der Waals surface area contributed by atoms with Crippen molar-refractivity contribution in [1.82, 2.24) is 0 Å². The van der Waals surface area contributed by atoms with E-state index in [2.05, 4.69) is 0 Å². The van der Waals surface area contributed by atoms with Crippen LogP contribution in [0.1, 0.15) is 12.8 Å². The maximum atomic E-state index is 9.65. The molecule has 8 heavy (non-hydrogen) atoms. The van der Waals surface area contributed by atoms with E-state index in [4.69, 9.17) is 10.2 Å². The maximum Gasteiger partial charge on any atom is 0.303 e. The van der Waals surface area contributed by atoms with Gasteiger partial charge in [-0.3, -0.25) is 4.79 Å². The number of carbonyl (C=O) groups is 1. The minimum atomic E-state index is -0.853. The molecule has 0 aliphatic heterocycles. The molecule has 0 bridgehead atoms. The van der Waals surface area contributed by atoms with Gasteiger partial charge in [0, 0.05) is 32.5 Å². The van der Waals surface area contributed by atoms with Crippen molar-refractivity contribution in [2.75, 3.05) is 6.61 Å². The van der Waals surface area contributed by atoms with Gasteiger partial charge in [0.15, 0.2) is 0 Å². The first-order valence-electron chi connectivity index (χ1n) is 2.10. The van der Waals surface area contributed by atoms with Gasteiger partial charge in [-0.05, 0) is 6.42 Å². The number of aliphatic carboxylic acids is 1. The number of carboxylic acid groups (broad SMARTS) is 1. The monoisotopic (exact) mass is 168 g/mol. The Kier molecular flexibility index (Phi) is 9.64. The fourth-order valence-electron chi connectivity index (χ4n) is 0.230. The van der Waals surface area contributed by atoms with Crippen LogP contribution in [0.2, 0.25) is 0 Å². The van der Waals surface area contributed by atoms with E-state index in [-0.39, 0.29) is 32.5 Å². The normalized spacial score (nSPS) is 7.62. The van der Waals surface area contributed by atoms with Crippen molar-refractivity contribution in [3.05, 3.63) is 0 Å². The molecule has 0 amide bonds. The van der Waals surface area contributed by atoms with E-state index in [1.165, 1.54) is 0 Å². The predicted octanol–water partition coefficient (Wildman–Crippen LogP) is -0.159. The molecule has 0 aromatic rings. The second-order valence-electron chi connectivity index (χ2n) is 1.22. The molecule has 44 valence electrons. The fourth-order valence-corrected chi connectivity index (χ4v) is 0.230. The van der Waals surface area contributed by atoms with Gasteiger partial charge in [0.2, 0.25) is 0 Å². The Hall–Kier alpha value is 0.0534. The molecule has 0 unspecified atom stereocenters. The third-order valence-corrected chi connectivity index (χ3v) is 0.549. The van der Waals surface area contributed by atoms with Gasteiger partial charge in [-0.2, -0.15) is 0 Å². The first kappa shape index (κ1) is 10.9. The maximum absolute atomic E-state index is 9.65. The number of hydrogen-bond donors (Lipinski definition) is 2. The van der Waals surface area contributed by atoms with Crippen LogP contribution in [0, 0.1) is 0 Å². The van der Waals surface area contributed by atoms with Crippen molar-refractivity contribution < 1.29 is 34.5 Å². The molecule has 0 spiro atoms. The first-order chi connectivity index (χ1) is 3.27. The van der Waals surface area contributed by atoms with Crippen LogP contribution in [0.4, 0.5) is 0 Å². The second kappa shape index (κ2) is 7.05. The summed E-state index contributed by atoms with van der Waals surface area (Å²) in [5.74, 6) is -0.853. The summed E-state index contributed by atoms with van der Waals surface area (Å²) in [6.45, 7) is -0.0354. The third kappa shape index (κ3) is 9.41. The van der Waals surface area contributed by atoms with E-state index in [0.29, 0.717) is 6.42 Å². The Labute approximate surface area is 60.5 Å². The van der Waals surface area contributed by atoms with Crippen molar-refractivity contribution in [1.29, 1.82) is 0 Å². The Morgan fingerprint density at radius 1 is 1.50 bits per heavy atom. The first-order valence-corrected chi connectivity index (χ1v) is 2.10. The Morgan fingerprint density at radius 2 is 2.00 bits per heavy atom. The topological polar surface area (TPSA) is 57.5 Å². The summed E-state index contributed by atoms with van der Waals surface area (Å²) in [5, 5.41) is 16.0. The minimum Gasteiger partial charge on any atom is -0.481 e. The van der Waals surface area contributed by atoms with Crippen LogP contribution in [0.3, 0.4) is 0 Å². The molecule has 3 nitrogen and oxygen atoms in total. The number of carboxylic acids is 1. The molecule has 0 atom stereocenters. The third-order valence-electron chi connectivity index (χ3n) is 0.549. The average Bonchev–Trinajstić information content (AvgIpc) is 1.61. The second-order valence-corrected chi connectivity index (χ2v) is 1.22. The zero-order chi connectivity index (χ0) is 5.70. The molecule has 4 heteroatoms. The molecular formula is C4H8O3Zn. The quantitative estimate of drug-likeness (QED) is 0.578. The Morgan fingerprint density at radius 3 is 2.12 bits per heavy atom. The molecule has 0 rings (SSSR count). The van der Waals surface area contributed by atoms with Crippen LogP contribution in [-0.2, 0) is 24.3 Å². The van der Waals surface area contributed by atoms with Gasteiger partial charge in [-0.25, -0.2) is 0 Å². The Balaban J connectivity index is 0. The summed E-state index contributed by atoms with van der Waals surface area (Å²) in [4.78, 5) is 9.65. The number of rotatable bonds is 3.